The second kappa shape index (κ2) is 13.8. The number of carbonyl (C=O) groups is 1. The van der Waals surface area contributed by atoms with Crippen molar-refractivity contribution in [3.63, 3.8) is 0 Å². The summed E-state index contributed by atoms with van der Waals surface area (Å²) in [5.74, 6) is -0.335. The molecule has 0 aliphatic heterocycles. The summed E-state index contributed by atoms with van der Waals surface area (Å²) in [7, 11) is 0. The summed E-state index contributed by atoms with van der Waals surface area (Å²) in [5.41, 5.74) is 0.960. The minimum atomic E-state index is -0.335. The number of ether oxygens (including phenoxy) is 2. The monoisotopic (exact) mass is 380 g/mol. The average molecular weight is 381 g/mol. The lowest BCUT2D eigenvalue weighted by Crippen LogP contribution is -2.05. The molecule has 5 nitrogen and oxygen atoms in total. The van der Waals surface area contributed by atoms with Gasteiger partial charge in [-0.15, -0.1) is 0 Å². The van der Waals surface area contributed by atoms with Crippen LogP contribution in [0.4, 0.5) is 0 Å². The van der Waals surface area contributed by atoms with E-state index < -0.39 is 0 Å². The Balaban J connectivity index is 1.89. The molecule has 0 amide bonds. The molecule has 5 heteroatoms. The fraction of sp³-hybridized carbons (Fsp3) is 0.818. The van der Waals surface area contributed by atoms with Gasteiger partial charge in [0, 0.05) is 12.8 Å². The maximum absolute atomic E-state index is 11.6. The van der Waals surface area contributed by atoms with Crippen LogP contribution in [0.5, 0.6) is 0 Å². The third-order valence-electron chi connectivity index (χ3n) is 4.58. The van der Waals surface area contributed by atoms with Crippen LogP contribution in [-0.2, 0) is 16.2 Å². The number of hydrogen-bond donors (Lipinski definition) is 0. The van der Waals surface area contributed by atoms with Crippen LogP contribution in [0.2, 0.25) is 0 Å². The van der Waals surface area contributed by atoms with E-state index in [0.717, 1.165) is 13.0 Å². The molecule has 0 fully saturated rings. The highest BCUT2D eigenvalue weighted by atomic mass is 16.5. The maximum atomic E-state index is 11.6. The minimum absolute atomic E-state index is 0.335. The van der Waals surface area contributed by atoms with E-state index in [9.17, 15) is 4.79 Å². The number of esters is 1. The summed E-state index contributed by atoms with van der Waals surface area (Å²) in [6.45, 7) is 10.3. The quantitative estimate of drug-likeness (QED) is 0.277. The Hall–Kier alpha value is -1.36. The van der Waals surface area contributed by atoms with Crippen LogP contribution in [0, 0.1) is 5.41 Å². The van der Waals surface area contributed by atoms with E-state index in [1.165, 1.54) is 64.0 Å². The lowest BCUT2D eigenvalue weighted by Gasteiger charge is -2.17. The molecule has 0 N–H and O–H groups in total. The number of unbranched alkanes of at least 4 members (excludes halogenated alkanes) is 8. The van der Waals surface area contributed by atoms with Gasteiger partial charge >= 0.3 is 5.97 Å². The second-order valence-corrected chi connectivity index (χ2v) is 8.52. The van der Waals surface area contributed by atoms with E-state index in [1.807, 2.05) is 0 Å². The molecule has 0 saturated heterocycles. The van der Waals surface area contributed by atoms with E-state index in [4.69, 9.17) is 9.47 Å². The zero-order chi connectivity index (χ0) is 20.0. The molecule has 0 aliphatic rings. The van der Waals surface area contributed by atoms with Gasteiger partial charge in [-0.3, -0.25) is 0 Å². The molecule has 0 aromatic carbocycles. The summed E-state index contributed by atoms with van der Waals surface area (Å²) in [6, 6.07) is 0. The van der Waals surface area contributed by atoms with Gasteiger partial charge in [0.1, 0.15) is 6.73 Å². The number of rotatable bonds is 15. The molecule has 1 aromatic heterocycles. The van der Waals surface area contributed by atoms with Crippen molar-refractivity contribution < 1.29 is 14.3 Å². The lowest BCUT2D eigenvalue weighted by molar-refractivity contribution is 0.0523. The fourth-order valence-electron chi connectivity index (χ4n) is 3.01. The number of nitrogens with zero attached hydrogens (tertiary/aromatic N) is 2. The zero-order valence-corrected chi connectivity index (χ0v) is 18.0. The average Bonchev–Trinajstić information content (AvgIpc) is 3.07. The highest BCUT2D eigenvalue weighted by Crippen LogP contribution is 2.22. The molecule has 0 unspecified atom stereocenters. The molecule has 27 heavy (non-hydrogen) atoms. The first kappa shape index (κ1) is 23.7. The summed E-state index contributed by atoms with van der Waals surface area (Å²) < 4.78 is 12.2. The molecule has 0 atom stereocenters. The molecular weight excluding hydrogens is 340 g/mol. The molecule has 0 spiro atoms. The maximum Gasteiger partial charge on any atom is 0.341 e. The smallest absolute Gasteiger partial charge is 0.341 e. The Bertz CT molecular complexity index is 506. The molecule has 0 radical (unpaired) electrons. The first-order valence-corrected chi connectivity index (χ1v) is 10.7. The van der Waals surface area contributed by atoms with Gasteiger partial charge in [0.25, 0.3) is 0 Å². The molecule has 0 saturated carbocycles. The molecule has 1 heterocycles. The van der Waals surface area contributed by atoms with Crippen molar-refractivity contribution in [1.29, 1.82) is 0 Å². The largest absolute Gasteiger partial charge is 0.462 e. The fourth-order valence-corrected chi connectivity index (χ4v) is 3.01. The highest BCUT2D eigenvalue weighted by molar-refractivity contribution is 5.88. The van der Waals surface area contributed by atoms with Crippen molar-refractivity contribution in [1.82, 2.24) is 9.78 Å². The van der Waals surface area contributed by atoms with Crippen LogP contribution in [-0.4, -0.2) is 29.0 Å². The van der Waals surface area contributed by atoms with Crippen LogP contribution in [0.1, 0.15) is 102 Å². The van der Waals surface area contributed by atoms with Gasteiger partial charge in [0.2, 0.25) is 0 Å². The zero-order valence-electron chi connectivity index (χ0n) is 18.0. The Kier molecular flexibility index (Phi) is 12.1. The van der Waals surface area contributed by atoms with Gasteiger partial charge in [0.05, 0.1) is 18.4 Å². The van der Waals surface area contributed by atoms with Crippen molar-refractivity contribution in [2.75, 3.05) is 13.2 Å². The predicted molar refractivity (Wildman–Crippen MR) is 110 cm³/mol. The Morgan fingerprint density at radius 2 is 1.59 bits per heavy atom. The SMILES string of the molecule is CCOC(=O)c1cnn(COCCCCCCCCCCCC(C)(C)C)c1. The van der Waals surface area contributed by atoms with Gasteiger partial charge in [-0.1, -0.05) is 72.1 Å². The second-order valence-electron chi connectivity index (χ2n) is 8.52. The van der Waals surface area contributed by atoms with Crippen molar-refractivity contribution in [3.8, 4) is 0 Å². The van der Waals surface area contributed by atoms with Crippen molar-refractivity contribution in [2.45, 2.75) is 98.6 Å². The van der Waals surface area contributed by atoms with Gasteiger partial charge in [-0.2, -0.15) is 5.10 Å². The lowest BCUT2D eigenvalue weighted by atomic mass is 9.89. The van der Waals surface area contributed by atoms with Crippen LogP contribution < -0.4 is 0 Å². The van der Waals surface area contributed by atoms with Crippen molar-refractivity contribution >= 4 is 5.97 Å². The number of hydrogen-bond acceptors (Lipinski definition) is 4. The molecule has 1 rings (SSSR count). The first-order chi connectivity index (χ1) is 12.9. The minimum Gasteiger partial charge on any atom is -0.462 e. The number of carbonyl (C=O) groups excluding carboxylic acids is 1. The third-order valence-corrected chi connectivity index (χ3v) is 4.58. The van der Waals surface area contributed by atoms with Crippen LogP contribution in [0.15, 0.2) is 12.4 Å². The predicted octanol–water partition coefficient (Wildman–Crippen LogP) is 5.98. The molecule has 0 bridgehead atoms. The number of aromatic nitrogens is 2. The Morgan fingerprint density at radius 3 is 2.19 bits per heavy atom. The summed E-state index contributed by atoms with van der Waals surface area (Å²) in [4.78, 5) is 11.6. The normalized spacial score (nSPS) is 11.7. The van der Waals surface area contributed by atoms with Gasteiger partial charge in [-0.05, 0) is 25.2 Å². The van der Waals surface area contributed by atoms with Crippen LogP contribution in [0.3, 0.4) is 0 Å². The highest BCUT2D eigenvalue weighted by Gasteiger charge is 2.09. The van der Waals surface area contributed by atoms with Crippen molar-refractivity contribution in [2.24, 2.45) is 5.41 Å². The standard InChI is InChI=1S/C22H40N2O3/c1-5-27-21(25)20-17-23-24(18-20)19-26-16-14-12-10-8-6-7-9-11-13-15-22(2,3)4/h17-18H,5-16,19H2,1-4H3. The van der Waals surface area contributed by atoms with Gasteiger partial charge in [-0.25, -0.2) is 9.48 Å². The van der Waals surface area contributed by atoms with Crippen LogP contribution >= 0.6 is 0 Å². The van der Waals surface area contributed by atoms with Crippen molar-refractivity contribution in [3.05, 3.63) is 18.0 Å². The summed E-state index contributed by atoms with van der Waals surface area (Å²) in [5, 5.41) is 4.11. The summed E-state index contributed by atoms with van der Waals surface area (Å²) >= 11 is 0. The molecule has 1 aromatic rings. The topological polar surface area (TPSA) is 53.3 Å². The van der Waals surface area contributed by atoms with E-state index in [-0.39, 0.29) is 5.97 Å². The van der Waals surface area contributed by atoms with E-state index >= 15 is 0 Å². The van der Waals surface area contributed by atoms with E-state index in [1.54, 1.807) is 17.8 Å². The molecule has 156 valence electrons. The molecular formula is C22H40N2O3. The van der Waals surface area contributed by atoms with Gasteiger partial charge in [0.15, 0.2) is 0 Å². The summed E-state index contributed by atoms with van der Waals surface area (Å²) in [6.07, 6.45) is 16.3. The van der Waals surface area contributed by atoms with Crippen LogP contribution in [0.25, 0.3) is 0 Å². The van der Waals surface area contributed by atoms with Gasteiger partial charge < -0.3 is 9.47 Å². The first-order valence-electron chi connectivity index (χ1n) is 10.7. The third kappa shape index (κ3) is 12.6. The van der Waals surface area contributed by atoms with E-state index in [2.05, 4.69) is 25.9 Å². The Labute approximate surface area is 165 Å². The Morgan fingerprint density at radius 1 is 1.00 bits per heavy atom. The van der Waals surface area contributed by atoms with E-state index in [0.29, 0.717) is 24.3 Å². The molecule has 0 aliphatic carbocycles.